The van der Waals surface area contributed by atoms with Crippen molar-refractivity contribution >= 4 is 22.3 Å². The predicted octanol–water partition coefficient (Wildman–Crippen LogP) is -0.333. The van der Waals surface area contributed by atoms with Gasteiger partial charge in [0, 0.05) is 7.05 Å². The first-order valence-corrected chi connectivity index (χ1v) is 5.33. The number of nitrogens with zero attached hydrogens (tertiary/aromatic N) is 2. The van der Waals surface area contributed by atoms with Gasteiger partial charge in [-0.25, -0.2) is 13.8 Å². The van der Waals surface area contributed by atoms with Gasteiger partial charge in [0.1, 0.15) is 0 Å². The average Bonchev–Trinajstić information content (AvgIpc) is 1.98. The van der Waals surface area contributed by atoms with Crippen LogP contribution in [-0.2, 0) is 14.9 Å². The van der Waals surface area contributed by atoms with E-state index in [1.54, 1.807) is 13.8 Å². The Labute approximate surface area is 81.9 Å². The number of amides is 2. The first-order valence-electron chi connectivity index (χ1n) is 3.89. The van der Waals surface area contributed by atoms with E-state index in [0.717, 1.165) is 7.05 Å². The lowest BCUT2D eigenvalue weighted by molar-refractivity contribution is 0.211. The summed E-state index contributed by atoms with van der Waals surface area (Å²) in [5, 5.41) is 0. The molecule has 0 fully saturated rings. The smallest absolute Gasteiger partial charge is 0.362 e. The fourth-order valence-electron chi connectivity index (χ4n) is 0.735. The van der Waals surface area contributed by atoms with E-state index in [1.807, 2.05) is 4.72 Å². The molecule has 1 aliphatic rings. The molecular formula is C6H11N3O4S. The lowest BCUT2D eigenvalue weighted by Gasteiger charge is -2.22. The van der Waals surface area contributed by atoms with Crippen LogP contribution in [0.1, 0.15) is 13.8 Å². The van der Waals surface area contributed by atoms with Crippen molar-refractivity contribution in [3.63, 3.8) is 0 Å². The van der Waals surface area contributed by atoms with Crippen LogP contribution < -0.4 is 4.72 Å². The fraction of sp³-hybridized carbons (Fsp3) is 0.667. The van der Waals surface area contributed by atoms with Crippen LogP contribution in [0.3, 0.4) is 0 Å². The summed E-state index contributed by atoms with van der Waals surface area (Å²) in [5.74, 6) is 0. The minimum Gasteiger partial charge on any atom is -0.461 e. The lowest BCUT2D eigenvalue weighted by atomic mass is 10.5. The van der Waals surface area contributed by atoms with Crippen LogP contribution in [0.15, 0.2) is 4.99 Å². The standard InChI is InChI=1S/C6H11N3O4S/c1-4(2)13-5-7-6(10)9(3)14(11,12)8-5/h4H,1-3H3,(H,7,8,10). The molecule has 0 aliphatic carbocycles. The molecule has 0 radical (unpaired) electrons. The number of rotatable bonds is 1. The Morgan fingerprint density at radius 1 is 1.50 bits per heavy atom. The van der Waals surface area contributed by atoms with E-state index < -0.39 is 16.2 Å². The van der Waals surface area contributed by atoms with Crippen molar-refractivity contribution in [3.05, 3.63) is 0 Å². The zero-order valence-electron chi connectivity index (χ0n) is 8.01. The molecule has 0 saturated heterocycles. The van der Waals surface area contributed by atoms with Crippen molar-refractivity contribution in [3.8, 4) is 0 Å². The summed E-state index contributed by atoms with van der Waals surface area (Å²) in [4.78, 5) is 14.4. The van der Waals surface area contributed by atoms with E-state index in [4.69, 9.17) is 4.74 Å². The van der Waals surface area contributed by atoms with Crippen LogP contribution >= 0.6 is 0 Å². The van der Waals surface area contributed by atoms with Gasteiger partial charge in [0.15, 0.2) is 0 Å². The van der Waals surface area contributed by atoms with Crippen molar-refractivity contribution in [1.29, 1.82) is 0 Å². The van der Waals surface area contributed by atoms with E-state index in [9.17, 15) is 13.2 Å². The van der Waals surface area contributed by atoms with Crippen LogP contribution in [0.2, 0.25) is 0 Å². The molecule has 1 N–H and O–H groups in total. The molecule has 14 heavy (non-hydrogen) atoms. The first kappa shape index (κ1) is 10.8. The van der Waals surface area contributed by atoms with Crippen molar-refractivity contribution in [2.45, 2.75) is 20.0 Å². The van der Waals surface area contributed by atoms with E-state index in [0.29, 0.717) is 4.31 Å². The minimum absolute atomic E-state index is 0.257. The van der Waals surface area contributed by atoms with Crippen LogP contribution in [0.5, 0.6) is 0 Å². The number of ether oxygens (including phenoxy) is 1. The molecule has 1 aliphatic heterocycles. The molecule has 80 valence electrons. The Hall–Kier alpha value is -1.31. The highest BCUT2D eigenvalue weighted by Crippen LogP contribution is 2.05. The average molecular weight is 221 g/mol. The van der Waals surface area contributed by atoms with Crippen LogP contribution in [0, 0.1) is 0 Å². The van der Waals surface area contributed by atoms with Gasteiger partial charge >= 0.3 is 22.3 Å². The normalized spacial score (nSPS) is 20.4. The maximum Gasteiger partial charge on any atom is 0.362 e. The number of hydrogen-bond donors (Lipinski definition) is 1. The molecule has 0 aromatic heterocycles. The molecule has 1 heterocycles. The number of amidine groups is 1. The van der Waals surface area contributed by atoms with Gasteiger partial charge in [-0.1, -0.05) is 0 Å². The molecular weight excluding hydrogens is 210 g/mol. The Balaban J connectivity index is 2.93. The third-order valence-electron chi connectivity index (χ3n) is 1.39. The highest BCUT2D eigenvalue weighted by Gasteiger charge is 2.30. The Morgan fingerprint density at radius 3 is 2.50 bits per heavy atom. The summed E-state index contributed by atoms with van der Waals surface area (Å²) >= 11 is 0. The molecule has 7 nitrogen and oxygen atoms in total. The zero-order chi connectivity index (χ0) is 10.9. The summed E-state index contributed by atoms with van der Waals surface area (Å²) in [7, 11) is -2.72. The molecule has 0 atom stereocenters. The van der Waals surface area contributed by atoms with Gasteiger partial charge in [-0.3, -0.25) is 0 Å². The van der Waals surface area contributed by atoms with Gasteiger partial charge in [-0.05, 0) is 13.8 Å². The molecule has 0 bridgehead atoms. The van der Waals surface area contributed by atoms with Crippen molar-refractivity contribution in [2.24, 2.45) is 4.99 Å². The quantitative estimate of drug-likeness (QED) is 0.656. The van der Waals surface area contributed by atoms with Gasteiger partial charge in [0.2, 0.25) is 0 Å². The predicted molar refractivity (Wildman–Crippen MR) is 48.9 cm³/mol. The third kappa shape index (κ3) is 2.13. The summed E-state index contributed by atoms with van der Waals surface area (Å²) in [6, 6.07) is -1.16. The maximum absolute atomic E-state index is 11.2. The van der Waals surface area contributed by atoms with E-state index in [1.165, 1.54) is 0 Å². The van der Waals surface area contributed by atoms with Crippen molar-refractivity contribution in [1.82, 2.24) is 9.03 Å². The zero-order valence-corrected chi connectivity index (χ0v) is 8.83. The number of carbonyl (C=O) groups is 1. The molecule has 0 unspecified atom stereocenters. The second-order valence-corrected chi connectivity index (χ2v) is 4.64. The van der Waals surface area contributed by atoms with Gasteiger partial charge in [0.25, 0.3) is 0 Å². The first-order chi connectivity index (χ1) is 6.33. The third-order valence-corrected chi connectivity index (χ3v) is 2.70. The van der Waals surface area contributed by atoms with Crippen molar-refractivity contribution in [2.75, 3.05) is 7.05 Å². The summed E-state index contributed by atoms with van der Waals surface area (Å²) in [6.45, 7) is 3.39. The van der Waals surface area contributed by atoms with E-state index in [2.05, 4.69) is 4.99 Å². The monoisotopic (exact) mass is 221 g/mol. The second-order valence-electron chi connectivity index (χ2n) is 2.94. The molecule has 0 aromatic rings. The largest absolute Gasteiger partial charge is 0.461 e. The molecule has 8 heteroatoms. The summed E-state index contributed by atoms with van der Waals surface area (Å²) < 4.78 is 29.9. The van der Waals surface area contributed by atoms with Gasteiger partial charge < -0.3 is 4.74 Å². The minimum atomic E-state index is -3.83. The molecule has 0 saturated carbocycles. The van der Waals surface area contributed by atoms with E-state index >= 15 is 0 Å². The van der Waals surface area contributed by atoms with Gasteiger partial charge in [-0.2, -0.15) is 8.42 Å². The molecule has 0 spiro atoms. The summed E-state index contributed by atoms with van der Waals surface area (Å²) in [6.07, 6.45) is -0.257. The maximum atomic E-state index is 11.2. The SMILES string of the molecule is CC(C)OC1=NC(=O)N(C)S(=O)(=O)N1. The molecule has 2 amide bonds. The second kappa shape index (κ2) is 3.45. The van der Waals surface area contributed by atoms with E-state index in [-0.39, 0.29) is 12.1 Å². The Morgan fingerprint density at radius 2 is 2.07 bits per heavy atom. The number of nitrogens with one attached hydrogen (secondary N) is 1. The number of carbonyl (C=O) groups excluding carboxylic acids is 1. The topological polar surface area (TPSA) is 88.1 Å². The lowest BCUT2D eigenvalue weighted by Crippen LogP contribution is -2.49. The highest BCUT2D eigenvalue weighted by molar-refractivity contribution is 7.88. The van der Waals surface area contributed by atoms with Crippen LogP contribution in [0.25, 0.3) is 0 Å². The number of urea groups is 1. The Bertz CT molecular complexity index is 373. The number of aliphatic imine (C=N–C) groups is 1. The highest BCUT2D eigenvalue weighted by atomic mass is 32.2. The Kier molecular flexibility index (Phi) is 2.65. The molecule has 0 aromatic carbocycles. The van der Waals surface area contributed by atoms with Crippen LogP contribution in [0.4, 0.5) is 4.79 Å². The van der Waals surface area contributed by atoms with Crippen LogP contribution in [-0.4, -0.2) is 37.9 Å². The van der Waals surface area contributed by atoms with Gasteiger partial charge in [0.05, 0.1) is 6.10 Å². The fourth-order valence-corrected chi connectivity index (χ4v) is 1.43. The number of hydrogen-bond acceptors (Lipinski definition) is 4. The van der Waals surface area contributed by atoms with Crippen molar-refractivity contribution < 1.29 is 17.9 Å². The summed E-state index contributed by atoms with van der Waals surface area (Å²) in [5.41, 5.74) is 0. The molecule has 1 rings (SSSR count). The van der Waals surface area contributed by atoms with Gasteiger partial charge in [-0.15, -0.1) is 4.99 Å².